The summed E-state index contributed by atoms with van der Waals surface area (Å²) < 4.78 is 0. The second-order valence-electron chi connectivity index (χ2n) is 7.62. The molecular formula is C22H26N6. The number of H-pyrrole nitrogens is 2. The van der Waals surface area contributed by atoms with Crippen LogP contribution in [0.4, 0.5) is 11.4 Å². The number of fused-ring (bicyclic) bond motifs is 1. The molecule has 0 saturated heterocycles. The second kappa shape index (κ2) is 7.31. The van der Waals surface area contributed by atoms with E-state index in [4.69, 9.17) is 5.73 Å². The summed E-state index contributed by atoms with van der Waals surface area (Å²) in [6.45, 7) is 6.41. The lowest BCUT2D eigenvalue weighted by Gasteiger charge is -2.14. The van der Waals surface area contributed by atoms with Crippen LogP contribution in [0.1, 0.15) is 39.6 Å². The molecule has 2 aromatic heterocycles. The van der Waals surface area contributed by atoms with E-state index >= 15 is 0 Å². The molecule has 4 aromatic rings. The van der Waals surface area contributed by atoms with Gasteiger partial charge in [-0.05, 0) is 41.5 Å². The fraction of sp³-hybridized carbons (Fsp3) is 0.227. The fourth-order valence-electron chi connectivity index (χ4n) is 2.87. The van der Waals surface area contributed by atoms with Crippen molar-refractivity contribution in [3.8, 4) is 11.1 Å². The number of anilines is 1. The minimum Gasteiger partial charge on any atom is -0.397 e. The molecular weight excluding hydrogens is 348 g/mol. The topological polar surface area (TPSA) is 95.7 Å². The SMILES string of the molecule is C.CC(C)(C)c1cc(C=Nc2cc(-c3ccc4nc[nH]c4c3)ccc2N)n[nH]1. The lowest BCUT2D eigenvalue weighted by molar-refractivity contribution is 0.567. The van der Waals surface area contributed by atoms with E-state index < -0.39 is 0 Å². The first-order valence-corrected chi connectivity index (χ1v) is 8.83. The van der Waals surface area contributed by atoms with Crippen LogP contribution < -0.4 is 5.73 Å². The fourth-order valence-corrected chi connectivity index (χ4v) is 2.87. The smallest absolute Gasteiger partial charge is 0.103 e. The number of rotatable bonds is 3. The first kappa shape index (κ1) is 19.4. The number of hydrogen-bond acceptors (Lipinski definition) is 4. The number of aromatic amines is 2. The monoisotopic (exact) mass is 374 g/mol. The Labute approximate surface area is 164 Å². The third kappa shape index (κ3) is 3.81. The first-order valence-electron chi connectivity index (χ1n) is 8.83. The van der Waals surface area contributed by atoms with Crippen molar-refractivity contribution in [2.24, 2.45) is 4.99 Å². The Balaban J connectivity index is 0.00000225. The Morgan fingerprint density at radius 2 is 1.79 bits per heavy atom. The zero-order chi connectivity index (χ0) is 19.0. The van der Waals surface area contributed by atoms with Crippen molar-refractivity contribution in [2.45, 2.75) is 33.6 Å². The van der Waals surface area contributed by atoms with Crippen LogP contribution >= 0.6 is 0 Å². The van der Waals surface area contributed by atoms with Gasteiger partial charge in [0.2, 0.25) is 0 Å². The summed E-state index contributed by atoms with van der Waals surface area (Å²) in [5, 5.41) is 7.38. The standard InChI is InChI=1S/C21H22N6.CH4/c1-21(2,3)20-10-15(26-27-20)11-23-18-8-13(4-6-16(18)22)14-5-7-17-19(9-14)25-12-24-17;/h4-12H,22H2,1-3H3,(H,24,25)(H,26,27);1H4. The van der Waals surface area contributed by atoms with Crippen molar-refractivity contribution in [1.29, 1.82) is 0 Å². The van der Waals surface area contributed by atoms with Crippen LogP contribution in [-0.4, -0.2) is 26.4 Å². The van der Waals surface area contributed by atoms with Gasteiger partial charge >= 0.3 is 0 Å². The molecule has 6 nitrogen and oxygen atoms in total. The van der Waals surface area contributed by atoms with E-state index in [1.807, 2.05) is 36.4 Å². The predicted molar refractivity (Wildman–Crippen MR) is 117 cm³/mol. The average Bonchev–Trinajstić information content (AvgIpc) is 3.29. The minimum absolute atomic E-state index is 0. The van der Waals surface area contributed by atoms with Crippen LogP contribution in [0.5, 0.6) is 0 Å². The number of nitrogens with two attached hydrogens (primary N) is 1. The average molecular weight is 374 g/mol. The Kier molecular flexibility index (Phi) is 5.05. The highest BCUT2D eigenvalue weighted by atomic mass is 15.1. The second-order valence-corrected chi connectivity index (χ2v) is 7.62. The molecule has 2 aromatic carbocycles. The van der Waals surface area contributed by atoms with Crippen LogP contribution in [0.25, 0.3) is 22.2 Å². The van der Waals surface area contributed by atoms with Gasteiger partial charge in [0.1, 0.15) is 5.69 Å². The molecule has 0 saturated carbocycles. The van der Waals surface area contributed by atoms with Gasteiger partial charge in [0.05, 0.1) is 35.0 Å². The number of aliphatic imine (C=N–C) groups is 1. The molecule has 0 atom stereocenters. The highest BCUT2D eigenvalue weighted by molar-refractivity contribution is 5.86. The maximum atomic E-state index is 6.12. The number of hydrogen-bond donors (Lipinski definition) is 3. The van der Waals surface area contributed by atoms with Crippen molar-refractivity contribution in [3.05, 3.63) is 60.2 Å². The van der Waals surface area contributed by atoms with Crippen LogP contribution in [-0.2, 0) is 5.41 Å². The molecule has 0 amide bonds. The summed E-state index contributed by atoms with van der Waals surface area (Å²) in [6, 6.07) is 14.0. The summed E-state index contributed by atoms with van der Waals surface area (Å²) in [7, 11) is 0. The van der Waals surface area contributed by atoms with Gasteiger partial charge in [-0.2, -0.15) is 5.10 Å². The minimum atomic E-state index is 0. The largest absolute Gasteiger partial charge is 0.397 e. The molecule has 0 radical (unpaired) electrons. The van der Waals surface area contributed by atoms with Gasteiger partial charge in [-0.15, -0.1) is 0 Å². The summed E-state index contributed by atoms with van der Waals surface area (Å²) in [5.41, 5.74) is 13.4. The zero-order valence-electron chi connectivity index (χ0n) is 15.6. The Morgan fingerprint density at radius 1 is 1.04 bits per heavy atom. The van der Waals surface area contributed by atoms with E-state index in [2.05, 4.69) is 52.0 Å². The summed E-state index contributed by atoms with van der Waals surface area (Å²) in [6.07, 6.45) is 3.43. The van der Waals surface area contributed by atoms with Gasteiger partial charge in [0.15, 0.2) is 0 Å². The van der Waals surface area contributed by atoms with Crippen molar-refractivity contribution in [2.75, 3.05) is 5.73 Å². The summed E-state index contributed by atoms with van der Waals surface area (Å²) in [5.74, 6) is 0. The van der Waals surface area contributed by atoms with Gasteiger partial charge in [-0.1, -0.05) is 40.3 Å². The molecule has 6 heteroatoms. The third-order valence-corrected chi connectivity index (χ3v) is 4.53. The molecule has 0 aliphatic heterocycles. The van der Waals surface area contributed by atoms with E-state index in [0.29, 0.717) is 5.69 Å². The number of nitrogens with one attached hydrogen (secondary N) is 2. The van der Waals surface area contributed by atoms with E-state index in [9.17, 15) is 0 Å². The third-order valence-electron chi connectivity index (χ3n) is 4.53. The van der Waals surface area contributed by atoms with Crippen molar-refractivity contribution in [3.63, 3.8) is 0 Å². The van der Waals surface area contributed by atoms with Crippen molar-refractivity contribution in [1.82, 2.24) is 20.2 Å². The van der Waals surface area contributed by atoms with Gasteiger partial charge in [-0.3, -0.25) is 10.1 Å². The number of benzene rings is 2. The zero-order valence-corrected chi connectivity index (χ0v) is 15.6. The molecule has 0 fully saturated rings. The van der Waals surface area contributed by atoms with Crippen molar-refractivity contribution < 1.29 is 0 Å². The Hall–Kier alpha value is -3.41. The molecule has 144 valence electrons. The molecule has 0 bridgehead atoms. The predicted octanol–water partition coefficient (Wildman–Crippen LogP) is 5.22. The molecule has 0 spiro atoms. The summed E-state index contributed by atoms with van der Waals surface area (Å²) in [4.78, 5) is 12.0. The van der Waals surface area contributed by atoms with Gasteiger partial charge in [-0.25, -0.2) is 4.98 Å². The van der Waals surface area contributed by atoms with Gasteiger partial charge < -0.3 is 10.7 Å². The number of nitrogen functional groups attached to an aromatic ring is 1. The quantitative estimate of drug-likeness (QED) is 0.339. The maximum absolute atomic E-state index is 6.12. The van der Waals surface area contributed by atoms with Crippen molar-refractivity contribution >= 4 is 28.6 Å². The van der Waals surface area contributed by atoms with E-state index in [0.717, 1.165) is 39.2 Å². The highest BCUT2D eigenvalue weighted by Crippen LogP contribution is 2.30. The van der Waals surface area contributed by atoms with Crippen LogP contribution in [0.2, 0.25) is 0 Å². The van der Waals surface area contributed by atoms with E-state index in [1.54, 1.807) is 12.5 Å². The Bertz CT molecular complexity index is 1130. The van der Waals surface area contributed by atoms with Gasteiger partial charge in [0, 0.05) is 11.1 Å². The first-order chi connectivity index (χ1) is 12.9. The Morgan fingerprint density at radius 3 is 2.54 bits per heavy atom. The molecule has 2 heterocycles. The maximum Gasteiger partial charge on any atom is 0.103 e. The van der Waals surface area contributed by atoms with Crippen LogP contribution in [0, 0.1) is 0 Å². The van der Waals surface area contributed by atoms with E-state index in [-0.39, 0.29) is 12.8 Å². The summed E-state index contributed by atoms with van der Waals surface area (Å²) >= 11 is 0. The molecule has 0 aliphatic carbocycles. The normalized spacial score (nSPS) is 11.8. The van der Waals surface area contributed by atoms with Gasteiger partial charge in [0.25, 0.3) is 0 Å². The molecule has 28 heavy (non-hydrogen) atoms. The highest BCUT2D eigenvalue weighted by Gasteiger charge is 2.16. The number of nitrogens with zero attached hydrogens (tertiary/aromatic N) is 3. The molecule has 0 unspecified atom stereocenters. The van der Waals surface area contributed by atoms with Crippen LogP contribution in [0.15, 0.2) is 53.8 Å². The molecule has 4 rings (SSSR count). The molecule has 4 N–H and O–H groups in total. The lowest BCUT2D eigenvalue weighted by atomic mass is 9.92. The molecule has 0 aliphatic rings. The number of aromatic nitrogens is 4. The van der Waals surface area contributed by atoms with E-state index in [1.165, 1.54) is 0 Å². The van der Waals surface area contributed by atoms with Crippen LogP contribution in [0.3, 0.4) is 0 Å². The number of imidazole rings is 1. The lowest BCUT2D eigenvalue weighted by Crippen LogP contribution is -2.11.